The second-order valence-electron chi connectivity index (χ2n) is 6.55. The van der Waals surface area contributed by atoms with Crippen molar-refractivity contribution in [2.24, 2.45) is 11.1 Å². The second-order valence-corrected chi connectivity index (χ2v) is 6.55. The van der Waals surface area contributed by atoms with E-state index in [2.05, 4.69) is 49.9 Å². The summed E-state index contributed by atoms with van der Waals surface area (Å²) >= 11 is 0. The van der Waals surface area contributed by atoms with Crippen molar-refractivity contribution < 1.29 is 0 Å². The van der Waals surface area contributed by atoms with E-state index in [9.17, 15) is 0 Å². The maximum atomic E-state index is 6.01. The first-order valence-corrected chi connectivity index (χ1v) is 7.03. The van der Waals surface area contributed by atoms with E-state index in [0.717, 1.165) is 26.1 Å². The third-order valence-corrected chi connectivity index (χ3v) is 3.90. The molecule has 0 spiro atoms. The van der Waals surface area contributed by atoms with Crippen LogP contribution in [-0.4, -0.2) is 24.5 Å². The second kappa shape index (κ2) is 5.41. The van der Waals surface area contributed by atoms with Crippen molar-refractivity contribution >= 4 is 0 Å². The Morgan fingerprint density at radius 3 is 2.67 bits per heavy atom. The standard InChI is InChI=1S/C16H26N2/c1-16(2,3)9-11-18-10-8-13-6-4-5-7-14(13)15(18)12-17/h4-7,15H,8-12,17H2,1-3H3. The topological polar surface area (TPSA) is 29.3 Å². The lowest BCUT2D eigenvalue weighted by Crippen LogP contribution is -2.40. The maximum absolute atomic E-state index is 6.01. The first kappa shape index (κ1) is 13.6. The molecule has 0 amide bonds. The summed E-state index contributed by atoms with van der Waals surface area (Å²) in [6, 6.07) is 9.18. The summed E-state index contributed by atoms with van der Waals surface area (Å²) in [6.45, 7) is 9.95. The average Bonchev–Trinajstić information content (AvgIpc) is 2.34. The lowest BCUT2D eigenvalue weighted by Gasteiger charge is -2.38. The van der Waals surface area contributed by atoms with Gasteiger partial charge in [0.25, 0.3) is 0 Å². The quantitative estimate of drug-likeness (QED) is 0.888. The van der Waals surface area contributed by atoms with Crippen molar-refractivity contribution in [1.82, 2.24) is 4.90 Å². The molecule has 2 heteroatoms. The predicted octanol–water partition coefficient (Wildman–Crippen LogP) is 2.98. The van der Waals surface area contributed by atoms with Gasteiger partial charge in [-0.2, -0.15) is 0 Å². The molecule has 1 aromatic carbocycles. The highest BCUT2D eigenvalue weighted by Gasteiger charge is 2.26. The molecule has 1 unspecified atom stereocenters. The minimum Gasteiger partial charge on any atom is -0.329 e. The Kier molecular flexibility index (Phi) is 4.08. The van der Waals surface area contributed by atoms with E-state index in [-0.39, 0.29) is 0 Å². The Balaban J connectivity index is 2.11. The van der Waals surface area contributed by atoms with E-state index >= 15 is 0 Å². The number of nitrogens with zero attached hydrogens (tertiary/aromatic N) is 1. The zero-order chi connectivity index (χ0) is 13.2. The van der Waals surface area contributed by atoms with Crippen LogP contribution in [0.3, 0.4) is 0 Å². The highest BCUT2D eigenvalue weighted by atomic mass is 15.2. The van der Waals surface area contributed by atoms with Gasteiger partial charge in [-0.3, -0.25) is 4.90 Å². The van der Waals surface area contributed by atoms with E-state index < -0.39 is 0 Å². The number of hydrogen-bond donors (Lipinski definition) is 1. The van der Waals surface area contributed by atoms with Gasteiger partial charge in [0.1, 0.15) is 0 Å². The molecule has 0 aromatic heterocycles. The molecule has 0 bridgehead atoms. The van der Waals surface area contributed by atoms with Gasteiger partial charge in [-0.05, 0) is 35.9 Å². The fraction of sp³-hybridized carbons (Fsp3) is 0.625. The van der Waals surface area contributed by atoms with Crippen LogP contribution in [0.4, 0.5) is 0 Å². The Morgan fingerprint density at radius 2 is 2.00 bits per heavy atom. The Bertz CT molecular complexity index is 392. The van der Waals surface area contributed by atoms with Gasteiger partial charge >= 0.3 is 0 Å². The average molecular weight is 246 g/mol. The van der Waals surface area contributed by atoms with Crippen molar-refractivity contribution in [2.75, 3.05) is 19.6 Å². The Hall–Kier alpha value is -0.860. The van der Waals surface area contributed by atoms with Crippen molar-refractivity contribution in [3.63, 3.8) is 0 Å². The molecule has 18 heavy (non-hydrogen) atoms. The fourth-order valence-electron chi connectivity index (χ4n) is 2.73. The molecule has 100 valence electrons. The Labute approximate surface area is 111 Å². The summed E-state index contributed by atoms with van der Waals surface area (Å²) in [6.07, 6.45) is 2.39. The highest BCUT2D eigenvalue weighted by molar-refractivity contribution is 5.32. The van der Waals surface area contributed by atoms with Gasteiger partial charge in [0, 0.05) is 19.1 Å². The van der Waals surface area contributed by atoms with Gasteiger partial charge in [-0.15, -0.1) is 0 Å². The highest BCUT2D eigenvalue weighted by Crippen LogP contribution is 2.30. The molecule has 2 rings (SSSR count). The summed E-state index contributed by atoms with van der Waals surface area (Å²) in [5.74, 6) is 0. The molecule has 1 aromatic rings. The summed E-state index contributed by atoms with van der Waals surface area (Å²) in [5, 5.41) is 0. The predicted molar refractivity (Wildman–Crippen MR) is 77.6 cm³/mol. The SMILES string of the molecule is CC(C)(C)CCN1CCc2ccccc2C1CN. The summed E-state index contributed by atoms with van der Waals surface area (Å²) in [7, 11) is 0. The molecule has 0 aliphatic carbocycles. The first-order valence-electron chi connectivity index (χ1n) is 7.03. The molecule has 0 radical (unpaired) electrons. The molecule has 2 nitrogen and oxygen atoms in total. The smallest absolute Gasteiger partial charge is 0.0473 e. The van der Waals surface area contributed by atoms with Crippen LogP contribution in [-0.2, 0) is 6.42 Å². The lowest BCUT2D eigenvalue weighted by atomic mass is 9.89. The zero-order valence-electron chi connectivity index (χ0n) is 11.9. The van der Waals surface area contributed by atoms with Crippen molar-refractivity contribution in [1.29, 1.82) is 0 Å². The van der Waals surface area contributed by atoms with E-state index in [1.807, 2.05) is 0 Å². The van der Waals surface area contributed by atoms with Crippen LogP contribution < -0.4 is 5.73 Å². The Morgan fingerprint density at radius 1 is 1.28 bits per heavy atom. The van der Waals surface area contributed by atoms with Crippen molar-refractivity contribution in [2.45, 2.75) is 39.7 Å². The summed E-state index contributed by atoms with van der Waals surface area (Å²) < 4.78 is 0. The zero-order valence-corrected chi connectivity index (χ0v) is 11.9. The minimum atomic E-state index is 0.399. The van der Waals surface area contributed by atoms with Crippen LogP contribution in [0.2, 0.25) is 0 Å². The fourth-order valence-corrected chi connectivity index (χ4v) is 2.73. The van der Waals surface area contributed by atoms with E-state index in [4.69, 9.17) is 5.73 Å². The molecule has 0 saturated carbocycles. The molecule has 0 saturated heterocycles. The third-order valence-electron chi connectivity index (χ3n) is 3.90. The van der Waals surface area contributed by atoms with Crippen LogP contribution in [0, 0.1) is 5.41 Å². The summed E-state index contributed by atoms with van der Waals surface area (Å²) in [4.78, 5) is 2.56. The third kappa shape index (κ3) is 3.12. The molecular formula is C16H26N2. The van der Waals surface area contributed by atoms with Crippen LogP contribution in [0.15, 0.2) is 24.3 Å². The van der Waals surface area contributed by atoms with E-state index in [0.29, 0.717) is 11.5 Å². The number of hydrogen-bond acceptors (Lipinski definition) is 2. The van der Waals surface area contributed by atoms with Gasteiger partial charge in [0.2, 0.25) is 0 Å². The van der Waals surface area contributed by atoms with Gasteiger partial charge in [0.05, 0.1) is 0 Å². The lowest BCUT2D eigenvalue weighted by molar-refractivity contribution is 0.163. The van der Waals surface area contributed by atoms with Crippen molar-refractivity contribution in [3.05, 3.63) is 35.4 Å². The molecule has 1 heterocycles. The molecule has 1 aliphatic heterocycles. The number of nitrogens with two attached hydrogens (primary N) is 1. The molecule has 2 N–H and O–H groups in total. The van der Waals surface area contributed by atoms with Crippen LogP contribution in [0.1, 0.15) is 44.4 Å². The number of rotatable bonds is 3. The van der Waals surface area contributed by atoms with Gasteiger partial charge in [-0.1, -0.05) is 45.0 Å². The molecule has 0 fully saturated rings. The van der Waals surface area contributed by atoms with E-state index in [1.54, 1.807) is 0 Å². The first-order chi connectivity index (χ1) is 8.51. The van der Waals surface area contributed by atoms with Crippen molar-refractivity contribution in [3.8, 4) is 0 Å². The molecule has 1 atom stereocenters. The normalized spacial score (nSPS) is 20.8. The van der Waals surface area contributed by atoms with Gasteiger partial charge < -0.3 is 5.73 Å². The largest absolute Gasteiger partial charge is 0.329 e. The van der Waals surface area contributed by atoms with Crippen LogP contribution >= 0.6 is 0 Å². The monoisotopic (exact) mass is 246 g/mol. The number of benzene rings is 1. The summed E-state index contributed by atoms with van der Waals surface area (Å²) in [5.41, 5.74) is 9.34. The van der Waals surface area contributed by atoms with Gasteiger partial charge in [0.15, 0.2) is 0 Å². The van der Waals surface area contributed by atoms with Crippen LogP contribution in [0.5, 0.6) is 0 Å². The molecular weight excluding hydrogens is 220 g/mol. The van der Waals surface area contributed by atoms with Gasteiger partial charge in [-0.25, -0.2) is 0 Å². The maximum Gasteiger partial charge on any atom is 0.0473 e. The van der Waals surface area contributed by atoms with Crippen LogP contribution in [0.25, 0.3) is 0 Å². The molecule has 1 aliphatic rings. The van der Waals surface area contributed by atoms with E-state index in [1.165, 1.54) is 17.5 Å². The number of fused-ring (bicyclic) bond motifs is 1. The minimum absolute atomic E-state index is 0.399.